The number of benzene rings is 3. The lowest BCUT2D eigenvalue weighted by Gasteiger charge is -2.23. The molecule has 1 saturated heterocycles. The maximum absolute atomic E-state index is 14.1. The predicted molar refractivity (Wildman–Crippen MR) is 154 cm³/mol. The average molecular weight is 570 g/mol. The Hall–Kier alpha value is -4.28. The van der Waals surface area contributed by atoms with Crippen LogP contribution in [0.5, 0.6) is 0 Å². The van der Waals surface area contributed by atoms with Crippen LogP contribution in [0.3, 0.4) is 0 Å². The van der Waals surface area contributed by atoms with Crippen LogP contribution in [-0.2, 0) is 10.0 Å². The van der Waals surface area contributed by atoms with E-state index in [2.05, 4.69) is 5.16 Å². The van der Waals surface area contributed by atoms with Gasteiger partial charge in [-0.1, -0.05) is 60.5 Å². The second kappa shape index (κ2) is 9.67. The third-order valence-electron chi connectivity index (χ3n) is 8.02. The summed E-state index contributed by atoms with van der Waals surface area (Å²) in [5, 5.41) is 6.04. The van der Waals surface area contributed by atoms with Gasteiger partial charge in [0.2, 0.25) is 15.8 Å². The lowest BCUT2D eigenvalue weighted by molar-refractivity contribution is 0.0969. The summed E-state index contributed by atoms with van der Waals surface area (Å²) in [4.78, 5) is 29.5. The minimum Gasteiger partial charge on any atom is -0.450 e. The molecule has 0 saturated carbocycles. The Bertz CT molecular complexity index is 1990. The minimum absolute atomic E-state index is 0.0641. The average Bonchev–Trinajstić information content (AvgIpc) is 3.39. The van der Waals surface area contributed by atoms with E-state index in [0.717, 1.165) is 36.5 Å². The minimum atomic E-state index is -3.67. The Morgan fingerprint density at radius 3 is 2.32 bits per heavy atom. The molecule has 3 aromatic carbocycles. The third kappa shape index (κ3) is 4.08. The van der Waals surface area contributed by atoms with E-state index >= 15 is 0 Å². The highest BCUT2D eigenvalue weighted by atomic mass is 32.2. The zero-order valence-corrected chi connectivity index (χ0v) is 23.2. The zero-order valence-electron chi connectivity index (χ0n) is 22.4. The second-order valence-corrected chi connectivity index (χ2v) is 12.5. The van der Waals surface area contributed by atoms with Crippen LogP contribution < -0.4 is 10.3 Å². The van der Waals surface area contributed by atoms with Gasteiger partial charge in [0.05, 0.1) is 21.9 Å². The summed E-state index contributed by atoms with van der Waals surface area (Å²) in [5.74, 6) is 0.146. The molecule has 1 fully saturated rings. The van der Waals surface area contributed by atoms with Gasteiger partial charge in [-0.15, -0.1) is 0 Å². The van der Waals surface area contributed by atoms with Gasteiger partial charge >= 0.3 is 0 Å². The van der Waals surface area contributed by atoms with E-state index in [-0.39, 0.29) is 27.5 Å². The van der Waals surface area contributed by atoms with Crippen molar-refractivity contribution in [1.29, 1.82) is 0 Å². The predicted octanol–water partition coefficient (Wildman–Crippen LogP) is 5.56. The van der Waals surface area contributed by atoms with Crippen LogP contribution in [0, 0.1) is 6.92 Å². The summed E-state index contributed by atoms with van der Waals surface area (Å²) < 4.78 is 39.8. The number of sulfonamides is 1. The fraction of sp³-hybridized carbons (Fsp3) is 0.258. The van der Waals surface area contributed by atoms with Crippen molar-refractivity contribution in [3.05, 3.63) is 99.6 Å². The second-order valence-electron chi connectivity index (χ2n) is 10.6. The van der Waals surface area contributed by atoms with Gasteiger partial charge in [0.25, 0.3) is 5.91 Å². The molecule has 0 radical (unpaired) electrons. The fourth-order valence-corrected chi connectivity index (χ4v) is 7.49. The van der Waals surface area contributed by atoms with Crippen LogP contribution in [0.1, 0.15) is 59.2 Å². The number of aryl methyl sites for hydroxylation is 1. The van der Waals surface area contributed by atoms with Crippen LogP contribution >= 0.6 is 0 Å². The number of amides is 1. The number of hydrogen-bond acceptors (Lipinski definition) is 7. The number of nitrogens with zero attached hydrogens (tertiary/aromatic N) is 3. The third-order valence-corrected chi connectivity index (χ3v) is 9.94. The van der Waals surface area contributed by atoms with E-state index in [1.165, 1.54) is 4.90 Å². The van der Waals surface area contributed by atoms with Gasteiger partial charge in [-0.25, -0.2) is 8.42 Å². The molecule has 5 aromatic rings. The largest absolute Gasteiger partial charge is 0.450 e. The van der Waals surface area contributed by atoms with Crippen molar-refractivity contribution < 1.29 is 22.2 Å². The summed E-state index contributed by atoms with van der Waals surface area (Å²) in [6.07, 6.45) is 3.71. The van der Waals surface area contributed by atoms with Crippen molar-refractivity contribution >= 4 is 43.5 Å². The van der Waals surface area contributed by atoms with Gasteiger partial charge in [-0.2, -0.15) is 4.31 Å². The highest BCUT2D eigenvalue weighted by molar-refractivity contribution is 7.89. The lowest BCUT2D eigenvalue weighted by atomic mass is 9.97. The molecular weight excluding hydrogens is 542 g/mol. The molecule has 0 bridgehead atoms. The zero-order chi connectivity index (χ0) is 28.3. The van der Waals surface area contributed by atoms with Crippen molar-refractivity contribution in [2.75, 3.05) is 18.0 Å². The van der Waals surface area contributed by atoms with Crippen molar-refractivity contribution in [3.63, 3.8) is 0 Å². The van der Waals surface area contributed by atoms with E-state index in [1.54, 1.807) is 47.6 Å². The standard InChI is InChI=1S/C31H27N3O6S/c1-19-18-25(32-40-19)34-27(21-10-13-22(14-11-21)41(37,38)33-16-6-2-3-7-17-33)26-28(35)24-15-12-20-8-4-5-9-23(20)29(24)39-30(26)31(34)36/h4-5,8-15,18,27H,2-3,6-7,16-17H2,1H3. The number of carbonyl (C=O) groups is 1. The van der Waals surface area contributed by atoms with E-state index in [4.69, 9.17) is 8.94 Å². The molecule has 1 amide bonds. The maximum atomic E-state index is 14.1. The van der Waals surface area contributed by atoms with Gasteiger partial charge < -0.3 is 8.94 Å². The van der Waals surface area contributed by atoms with Crippen molar-refractivity contribution in [2.24, 2.45) is 0 Å². The number of anilines is 1. The smallest absolute Gasteiger partial charge is 0.296 e. The number of rotatable bonds is 4. The molecule has 7 rings (SSSR count). The van der Waals surface area contributed by atoms with Crippen molar-refractivity contribution in [3.8, 4) is 0 Å². The molecule has 41 heavy (non-hydrogen) atoms. The first-order valence-corrected chi connectivity index (χ1v) is 15.1. The molecule has 9 nitrogen and oxygen atoms in total. The van der Waals surface area contributed by atoms with Crippen LogP contribution in [0.2, 0.25) is 0 Å². The molecule has 4 heterocycles. The van der Waals surface area contributed by atoms with Crippen LogP contribution in [0.15, 0.2) is 85.4 Å². The van der Waals surface area contributed by atoms with E-state index in [0.29, 0.717) is 35.4 Å². The molecule has 10 heteroatoms. The Labute approximate surface area is 236 Å². The molecule has 2 aromatic heterocycles. The first-order valence-electron chi connectivity index (χ1n) is 13.7. The summed E-state index contributed by atoms with van der Waals surface area (Å²) in [7, 11) is -3.67. The molecule has 0 aliphatic carbocycles. The fourth-order valence-electron chi connectivity index (χ4n) is 5.97. The van der Waals surface area contributed by atoms with Gasteiger partial charge in [-0.05, 0) is 48.9 Å². The van der Waals surface area contributed by atoms with E-state index in [1.807, 2.05) is 30.3 Å². The van der Waals surface area contributed by atoms with Crippen LogP contribution in [-0.4, -0.2) is 36.9 Å². The monoisotopic (exact) mass is 569 g/mol. The van der Waals surface area contributed by atoms with Crippen LogP contribution in [0.4, 0.5) is 5.82 Å². The lowest BCUT2D eigenvalue weighted by Crippen LogP contribution is -2.32. The Kier molecular flexibility index (Phi) is 6.06. The summed E-state index contributed by atoms with van der Waals surface area (Å²) >= 11 is 0. The molecular formula is C31H27N3O6S. The van der Waals surface area contributed by atoms with E-state index < -0.39 is 22.0 Å². The number of hydrogen-bond donors (Lipinski definition) is 0. The summed E-state index contributed by atoms with van der Waals surface area (Å²) in [6, 6.07) is 18.2. The van der Waals surface area contributed by atoms with E-state index in [9.17, 15) is 18.0 Å². The quantitative estimate of drug-likeness (QED) is 0.261. The van der Waals surface area contributed by atoms with Gasteiger partial charge in [0.15, 0.2) is 11.2 Å². The van der Waals surface area contributed by atoms with Crippen molar-refractivity contribution in [1.82, 2.24) is 9.46 Å². The SMILES string of the molecule is Cc1cc(N2C(=O)c3oc4c(ccc5ccccc54)c(=O)c3C2c2ccc(S(=O)(=O)N3CCCCCC3)cc2)no1. The molecule has 0 N–H and O–H groups in total. The molecule has 2 aliphatic rings. The normalized spacial score (nSPS) is 18.2. The van der Waals surface area contributed by atoms with Gasteiger partial charge in [0.1, 0.15) is 11.3 Å². The van der Waals surface area contributed by atoms with Crippen molar-refractivity contribution in [2.45, 2.75) is 43.5 Å². The molecule has 2 aliphatic heterocycles. The summed E-state index contributed by atoms with van der Waals surface area (Å²) in [6.45, 7) is 2.71. The highest BCUT2D eigenvalue weighted by Gasteiger charge is 2.45. The maximum Gasteiger partial charge on any atom is 0.296 e. The highest BCUT2D eigenvalue weighted by Crippen LogP contribution is 2.42. The molecule has 0 spiro atoms. The molecule has 1 unspecified atom stereocenters. The van der Waals surface area contributed by atoms with Gasteiger partial charge in [0, 0.05) is 24.5 Å². The Morgan fingerprint density at radius 1 is 0.878 bits per heavy atom. The van der Waals surface area contributed by atoms with Gasteiger partial charge in [-0.3, -0.25) is 14.5 Å². The molecule has 208 valence electrons. The number of aromatic nitrogens is 1. The Morgan fingerprint density at radius 2 is 1.61 bits per heavy atom. The first-order chi connectivity index (χ1) is 19.8. The number of carbonyl (C=O) groups excluding carboxylic acids is 1. The van der Waals surface area contributed by atoms with Crippen LogP contribution in [0.25, 0.3) is 21.7 Å². The topological polar surface area (TPSA) is 114 Å². The number of fused-ring (bicyclic) bond motifs is 4. The molecule has 1 atom stereocenters. The summed E-state index contributed by atoms with van der Waals surface area (Å²) in [5.41, 5.74) is 0.756. The Balaban J connectivity index is 1.39. The first kappa shape index (κ1) is 25.7.